The Morgan fingerprint density at radius 3 is 2.44 bits per heavy atom. The van der Waals surface area contributed by atoms with Gasteiger partial charge in [-0.2, -0.15) is 0 Å². The van der Waals surface area contributed by atoms with E-state index in [1.807, 2.05) is 18.2 Å². The number of nitrogens with one attached hydrogen (secondary N) is 1. The lowest BCUT2D eigenvalue weighted by Crippen LogP contribution is -2.45. The third-order valence-corrected chi connectivity index (χ3v) is 6.52. The number of carbonyl (C=O) groups excluding carboxylic acids is 1. The number of ether oxygens (including phenoxy) is 3. The Labute approximate surface area is 209 Å². The van der Waals surface area contributed by atoms with Gasteiger partial charge in [-0.25, -0.2) is 4.79 Å². The second kappa shape index (κ2) is 11.4. The molecular weight excluding hydrogens is 464 g/mol. The number of hydrogen-bond acceptors (Lipinski definition) is 7. The molecule has 2 heterocycles. The highest BCUT2D eigenvalue weighted by atomic mass is 16.5. The van der Waals surface area contributed by atoms with Crippen LogP contribution in [0.1, 0.15) is 18.5 Å². The molecule has 0 aliphatic carbocycles. The molecule has 1 aliphatic heterocycles. The summed E-state index contributed by atoms with van der Waals surface area (Å²) in [6.07, 6.45) is 0. The SMILES string of the molecule is CCn1c(=O)c2ccccc2n(CC(=O)NCC(c2ccc(OC)c(OC)c2)N2CCOCC2)c1=O. The van der Waals surface area contributed by atoms with Gasteiger partial charge in [0, 0.05) is 26.2 Å². The number of morpholine rings is 1. The van der Waals surface area contributed by atoms with E-state index in [9.17, 15) is 14.4 Å². The molecule has 192 valence electrons. The van der Waals surface area contributed by atoms with Crippen molar-refractivity contribution in [2.45, 2.75) is 26.1 Å². The summed E-state index contributed by atoms with van der Waals surface area (Å²) in [5.74, 6) is 0.921. The van der Waals surface area contributed by atoms with E-state index in [2.05, 4.69) is 10.2 Å². The smallest absolute Gasteiger partial charge is 0.331 e. The minimum absolute atomic E-state index is 0.129. The highest BCUT2D eigenvalue weighted by Gasteiger charge is 2.25. The van der Waals surface area contributed by atoms with E-state index in [4.69, 9.17) is 14.2 Å². The Balaban J connectivity index is 1.59. The van der Waals surface area contributed by atoms with Gasteiger partial charge in [-0.1, -0.05) is 18.2 Å². The van der Waals surface area contributed by atoms with Gasteiger partial charge in [0.25, 0.3) is 5.56 Å². The predicted octanol–water partition coefficient (Wildman–Crippen LogP) is 1.39. The first-order valence-electron chi connectivity index (χ1n) is 12.0. The topological polar surface area (TPSA) is 104 Å². The Kier molecular flexibility index (Phi) is 8.07. The van der Waals surface area contributed by atoms with Crippen molar-refractivity contribution in [1.29, 1.82) is 0 Å². The summed E-state index contributed by atoms with van der Waals surface area (Å²) in [5.41, 5.74) is 0.561. The van der Waals surface area contributed by atoms with Gasteiger partial charge in [0.05, 0.1) is 44.4 Å². The van der Waals surface area contributed by atoms with Crippen molar-refractivity contribution < 1.29 is 19.0 Å². The molecule has 36 heavy (non-hydrogen) atoms. The van der Waals surface area contributed by atoms with Crippen LogP contribution in [-0.4, -0.2) is 67.0 Å². The minimum atomic E-state index is -0.499. The summed E-state index contributed by atoms with van der Waals surface area (Å²) in [4.78, 5) is 41.0. The minimum Gasteiger partial charge on any atom is -0.493 e. The van der Waals surface area contributed by atoms with E-state index in [-0.39, 0.29) is 30.6 Å². The fourth-order valence-electron chi connectivity index (χ4n) is 4.62. The zero-order chi connectivity index (χ0) is 25.7. The molecule has 3 aromatic rings. The van der Waals surface area contributed by atoms with Crippen molar-refractivity contribution in [3.63, 3.8) is 0 Å². The van der Waals surface area contributed by atoms with Crippen molar-refractivity contribution in [2.75, 3.05) is 47.1 Å². The molecule has 1 aliphatic rings. The molecule has 0 radical (unpaired) electrons. The van der Waals surface area contributed by atoms with Gasteiger partial charge in [0.2, 0.25) is 5.91 Å². The van der Waals surface area contributed by atoms with Gasteiger partial charge in [0.1, 0.15) is 6.54 Å². The predicted molar refractivity (Wildman–Crippen MR) is 136 cm³/mol. The van der Waals surface area contributed by atoms with Crippen LogP contribution < -0.4 is 26.0 Å². The molecule has 0 bridgehead atoms. The fourth-order valence-corrected chi connectivity index (χ4v) is 4.62. The number of nitrogens with zero attached hydrogens (tertiary/aromatic N) is 3. The zero-order valence-electron chi connectivity index (χ0n) is 20.9. The molecule has 1 atom stereocenters. The Bertz CT molecular complexity index is 1340. The van der Waals surface area contributed by atoms with E-state index in [1.54, 1.807) is 45.4 Å². The number of amides is 1. The van der Waals surface area contributed by atoms with Crippen LogP contribution in [0, 0.1) is 0 Å². The second-order valence-electron chi connectivity index (χ2n) is 8.52. The van der Waals surface area contributed by atoms with E-state index in [0.717, 1.165) is 23.2 Å². The number of hydrogen-bond donors (Lipinski definition) is 1. The molecule has 0 spiro atoms. The Hall–Kier alpha value is -3.63. The number of rotatable bonds is 9. The number of fused-ring (bicyclic) bond motifs is 1. The normalized spacial score (nSPS) is 15.0. The summed E-state index contributed by atoms with van der Waals surface area (Å²) in [6.45, 7) is 4.76. The molecule has 1 saturated heterocycles. The van der Waals surface area contributed by atoms with Crippen LogP contribution in [0.3, 0.4) is 0 Å². The zero-order valence-corrected chi connectivity index (χ0v) is 20.9. The summed E-state index contributed by atoms with van der Waals surface area (Å²) in [5, 5.41) is 3.40. The van der Waals surface area contributed by atoms with Gasteiger partial charge in [-0.05, 0) is 36.8 Å². The molecule has 1 N–H and O–H groups in total. The van der Waals surface area contributed by atoms with Gasteiger partial charge in [-0.15, -0.1) is 0 Å². The van der Waals surface area contributed by atoms with Crippen LogP contribution in [0.4, 0.5) is 0 Å². The van der Waals surface area contributed by atoms with Crippen LogP contribution in [0.2, 0.25) is 0 Å². The first-order chi connectivity index (χ1) is 17.5. The molecule has 4 rings (SSSR count). The number of methoxy groups -OCH3 is 2. The van der Waals surface area contributed by atoms with Gasteiger partial charge in [-0.3, -0.25) is 23.6 Å². The lowest BCUT2D eigenvalue weighted by atomic mass is 10.0. The van der Waals surface area contributed by atoms with Crippen LogP contribution in [-0.2, 0) is 22.6 Å². The summed E-state index contributed by atoms with van der Waals surface area (Å²) in [6, 6.07) is 12.4. The van der Waals surface area contributed by atoms with Crippen LogP contribution >= 0.6 is 0 Å². The summed E-state index contributed by atoms with van der Waals surface area (Å²) >= 11 is 0. The van der Waals surface area contributed by atoms with Crippen LogP contribution in [0.15, 0.2) is 52.1 Å². The highest BCUT2D eigenvalue weighted by Crippen LogP contribution is 2.32. The quantitative estimate of drug-likeness (QED) is 0.477. The molecule has 1 amide bonds. The fraction of sp³-hybridized carbons (Fsp3) is 0.423. The average Bonchev–Trinajstić information content (AvgIpc) is 2.92. The van der Waals surface area contributed by atoms with Crippen LogP contribution in [0.5, 0.6) is 11.5 Å². The number of carbonyl (C=O) groups is 1. The number of benzene rings is 2. The molecule has 2 aromatic carbocycles. The monoisotopic (exact) mass is 496 g/mol. The maximum absolute atomic E-state index is 13.1. The summed E-state index contributed by atoms with van der Waals surface area (Å²) in [7, 11) is 3.18. The molecular formula is C26H32N4O6. The molecule has 1 unspecified atom stereocenters. The lowest BCUT2D eigenvalue weighted by molar-refractivity contribution is -0.122. The number of aromatic nitrogens is 2. The molecule has 0 saturated carbocycles. The third kappa shape index (κ3) is 5.14. The number of para-hydroxylation sites is 1. The maximum atomic E-state index is 13.1. The Morgan fingerprint density at radius 1 is 1.03 bits per heavy atom. The van der Waals surface area contributed by atoms with E-state index in [1.165, 1.54) is 4.57 Å². The van der Waals surface area contributed by atoms with Gasteiger partial charge >= 0.3 is 5.69 Å². The van der Waals surface area contributed by atoms with Crippen molar-refractivity contribution >= 4 is 16.8 Å². The van der Waals surface area contributed by atoms with Crippen LogP contribution in [0.25, 0.3) is 10.9 Å². The average molecular weight is 497 g/mol. The molecule has 1 aromatic heterocycles. The molecule has 1 fully saturated rings. The van der Waals surface area contributed by atoms with Crippen molar-refractivity contribution in [3.8, 4) is 11.5 Å². The largest absolute Gasteiger partial charge is 0.493 e. The lowest BCUT2D eigenvalue weighted by Gasteiger charge is -2.35. The third-order valence-electron chi connectivity index (χ3n) is 6.52. The first-order valence-corrected chi connectivity index (χ1v) is 12.0. The van der Waals surface area contributed by atoms with E-state index < -0.39 is 5.69 Å². The van der Waals surface area contributed by atoms with Crippen molar-refractivity contribution in [1.82, 2.24) is 19.4 Å². The van der Waals surface area contributed by atoms with E-state index in [0.29, 0.717) is 42.2 Å². The second-order valence-corrected chi connectivity index (χ2v) is 8.52. The Morgan fingerprint density at radius 2 is 1.75 bits per heavy atom. The summed E-state index contributed by atoms with van der Waals surface area (Å²) < 4.78 is 18.9. The standard InChI is InChI=1S/C26H32N4O6/c1-4-29-25(32)19-7-5-6-8-20(19)30(26(29)33)17-24(31)27-16-21(28-11-13-36-14-12-28)18-9-10-22(34-2)23(15-18)35-3/h5-10,15,21H,4,11-14,16-17H2,1-3H3,(H,27,31). The molecule has 10 nitrogen and oxygen atoms in total. The first kappa shape index (κ1) is 25.5. The molecule has 10 heteroatoms. The van der Waals surface area contributed by atoms with Gasteiger partial charge < -0.3 is 19.5 Å². The van der Waals surface area contributed by atoms with E-state index >= 15 is 0 Å². The van der Waals surface area contributed by atoms with Crippen molar-refractivity contribution in [3.05, 3.63) is 68.9 Å². The van der Waals surface area contributed by atoms with Crippen molar-refractivity contribution in [2.24, 2.45) is 0 Å². The maximum Gasteiger partial charge on any atom is 0.331 e. The highest BCUT2D eigenvalue weighted by molar-refractivity contribution is 5.81. The van der Waals surface area contributed by atoms with Gasteiger partial charge in [0.15, 0.2) is 11.5 Å².